The molecule has 90 valence electrons. The smallest absolute Gasteiger partial charge is 0.215 e. The lowest BCUT2D eigenvalue weighted by molar-refractivity contribution is -0.113. The van der Waals surface area contributed by atoms with Crippen LogP contribution in [0.3, 0.4) is 0 Å². The Kier molecular flexibility index (Phi) is 7.88. The van der Waals surface area contributed by atoms with Gasteiger partial charge in [0, 0.05) is 12.3 Å². The molecule has 0 rings (SSSR count). The zero-order valence-corrected chi connectivity index (χ0v) is 12.3. The fraction of sp³-hybridized carbons (Fsp3) is 0.889. The Morgan fingerprint density at radius 1 is 1.60 bits per heavy atom. The highest BCUT2D eigenvalue weighted by atomic mass is 32.9. The van der Waals surface area contributed by atoms with Gasteiger partial charge in [-0.2, -0.15) is 0 Å². The van der Waals surface area contributed by atoms with E-state index in [0.29, 0.717) is 11.9 Å². The number of carbonyl (C=O) groups is 1. The molecule has 0 aliphatic rings. The molecule has 0 aromatic heterocycles. The van der Waals surface area contributed by atoms with Gasteiger partial charge in [0.1, 0.15) is 0 Å². The molecule has 0 bridgehead atoms. The van der Waals surface area contributed by atoms with Crippen molar-refractivity contribution in [2.75, 3.05) is 13.7 Å². The molecule has 2 unspecified atom stereocenters. The summed E-state index contributed by atoms with van der Waals surface area (Å²) in [7, 11) is 1.71. The summed E-state index contributed by atoms with van der Waals surface area (Å²) in [6, 6.07) is 0. The van der Waals surface area contributed by atoms with Crippen LogP contribution in [0.5, 0.6) is 0 Å². The van der Waals surface area contributed by atoms with E-state index >= 15 is 0 Å². The summed E-state index contributed by atoms with van der Waals surface area (Å²) >= 11 is 7.10. The van der Waals surface area contributed by atoms with Gasteiger partial charge in [-0.1, -0.05) is 32.2 Å². The van der Waals surface area contributed by atoms with E-state index < -0.39 is 5.62 Å². The Morgan fingerprint density at radius 2 is 2.20 bits per heavy atom. The topological polar surface area (TPSA) is 29.5 Å². The third-order valence-corrected chi connectivity index (χ3v) is 9.05. The summed E-state index contributed by atoms with van der Waals surface area (Å²) in [5.74, 6) is 0. The fourth-order valence-electron chi connectivity index (χ4n) is 0.762. The molecular weight excluding hydrogens is 249 g/mol. The van der Waals surface area contributed by atoms with Gasteiger partial charge in [-0.3, -0.25) is 9.46 Å². The summed E-state index contributed by atoms with van der Waals surface area (Å²) in [4.78, 5) is 10.8. The van der Waals surface area contributed by atoms with Crippen molar-refractivity contribution >= 4 is 35.2 Å². The van der Waals surface area contributed by atoms with Crippen LogP contribution >= 0.6 is 17.0 Å². The van der Waals surface area contributed by atoms with Crippen molar-refractivity contribution in [3.63, 3.8) is 0 Å². The summed E-state index contributed by atoms with van der Waals surface area (Å²) in [5, 5.41) is 0.426. The second-order valence-electron chi connectivity index (χ2n) is 3.31. The molecule has 0 N–H and O–H groups in total. The maximum absolute atomic E-state index is 10.8. The van der Waals surface area contributed by atoms with Crippen molar-refractivity contribution in [3.8, 4) is 0 Å². The normalized spacial score (nSPS) is 16.8. The van der Waals surface area contributed by atoms with Crippen LogP contribution in [0.1, 0.15) is 33.6 Å². The molecule has 0 radical (unpaired) electrons. The third-order valence-electron chi connectivity index (χ3n) is 1.89. The molecule has 0 aliphatic carbocycles. The van der Waals surface area contributed by atoms with Crippen LogP contribution in [0.15, 0.2) is 0 Å². The van der Waals surface area contributed by atoms with Crippen molar-refractivity contribution in [3.05, 3.63) is 0 Å². The first kappa shape index (κ1) is 15.4. The van der Waals surface area contributed by atoms with E-state index in [-0.39, 0.29) is 0 Å². The van der Waals surface area contributed by atoms with Gasteiger partial charge in [0.15, 0.2) is 0 Å². The molecule has 0 saturated carbocycles. The highest BCUT2D eigenvalue weighted by Gasteiger charge is 2.25. The predicted molar refractivity (Wildman–Crippen MR) is 71.7 cm³/mol. The third kappa shape index (κ3) is 5.34. The summed E-state index contributed by atoms with van der Waals surface area (Å²) in [6.45, 7) is 6.88. The van der Waals surface area contributed by atoms with Crippen LogP contribution in [0, 0.1) is 0 Å². The molecule has 6 heteroatoms. The first-order valence-electron chi connectivity index (χ1n) is 5.11. The summed E-state index contributed by atoms with van der Waals surface area (Å²) < 4.78 is 7.21. The molecule has 2 atom stereocenters. The standard InChI is InChI=1S/C9H20NO2PS2/c1-5-7-12-13(14,10(4)8-11)15-9(3)6-2/h8-9H,5-7H2,1-4H3. The average Bonchev–Trinajstić information content (AvgIpc) is 2.24. The Hall–Kier alpha value is 0.430. The van der Waals surface area contributed by atoms with Gasteiger partial charge in [0.05, 0.1) is 6.61 Å². The van der Waals surface area contributed by atoms with Crippen molar-refractivity contribution in [2.45, 2.75) is 38.9 Å². The molecule has 0 fully saturated rings. The van der Waals surface area contributed by atoms with Crippen LogP contribution in [0.2, 0.25) is 0 Å². The monoisotopic (exact) mass is 269 g/mol. The maximum atomic E-state index is 10.8. The lowest BCUT2D eigenvalue weighted by Gasteiger charge is -2.29. The van der Waals surface area contributed by atoms with E-state index in [9.17, 15) is 4.79 Å². The zero-order chi connectivity index (χ0) is 11.9. The molecular formula is C9H20NO2PS2. The van der Waals surface area contributed by atoms with E-state index in [1.54, 1.807) is 18.4 Å². The first-order chi connectivity index (χ1) is 7.00. The fourth-order valence-corrected chi connectivity index (χ4v) is 6.73. The van der Waals surface area contributed by atoms with Crippen LogP contribution in [-0.2, 0) is 21.1 Å². The van der Waals surface area contributed by atoms with E-state index in [0.717, 1.165) is 19.3 Å². The van der Waals surface area contributed by atoms with Gasteiger partial charge in [-0.25, -0.2) is 0 Å². The Balaban J connectivity index is 4.54. The quantitative estimate of drug-likeness (QED) is 0.500. The van der Waals surface area contributed by atoms with Gasteiger partial charge >= 0.3 is 0 Å². The van der Waals surface area contributed by atoms with Gasteiger partial charge in [-0.05, 0) is 24.6 Å². The lowest BCUT2D eigenvalue weighted by Crippen LogP contribution is -2.14. The molecule has 1 amide bonds. The minimum Gasteiger partial charge on any atom is -0.326 e. The number of amides is 1. The van der Waals surface area contributed by atoms with Gasteiger partial charge < -0.3 is 4.52 Å². The Morgan fingerprint density at radius 3 is 2.60 bits per heavy atom. The minimum atomic E-state index is -2.18. The van der Waals surface area contributed by atoms with E-state index in [1.165, 1.54) is 4.67 Å². The highest BCUT2D eigenvalue weighted by Crippen LogP contribution is 2.63. The molecule has 0 aromatic carbocycles. The average molecular weight is 269 g/mol. The predicted octanol–water partition coefficient (Wildman–Crippen LogP) is 3.26. The van der Waals surface area contributed by atoms with Crippen molar-refractivity contribution < 1.29 is 9.32 Å². The van der Waals surface area contributed by atoms with Crippen LogP contribution in [0.25, 0.3) is 0 Å². The number of carbonyl (C=O) groups excluding carboxylic acids is 1. The van der Waals surface area contributed by atoms with E-state index in [2.05, 4.69) is 13.8 Å². The van der Waals surface area contributed by atoms with Crippen LogP contribution < -0.4 is 0 Å². The molecule has 0 spiro atoms. The molecule has 0 aromatic rings. The Bertz CT molecular complexity index is 238. The van der Waals surface area contributed by atoms with Gasteiger partial charge in [-0.15, -0.1) is 0 Å². The van der Waals surface area contributed by atoms with E-state index in [1.807, 2.05) is 6.92 Å². The molecule has 0 aliphatic heterocycles. The van der Waals surface area contributed by atoms with Crippen molar-refractivity contribution in [1.82, 2.24) is 4.67 Å². The van der Waals surface area contributed by atoms with Gasteiger partial charge in [0.2, 0.25) is 12.0 Å². The molecule has 15 heavy (non-hydrogen) atoms. The van der Waals surface area contributed by atoms with Crippen molar-refractivity contribution in [2.24, 2.45) is 0 Å². The SMILES string of the molecule is CCCOP(=S)(SC(C)CC)N(C)C=O. The van der Waals surface area contributed by atoms with E-state index in [4.69, 9.17) is 16.3 Å². The molecule has 3 nitrogen and oxygen atoms in total. The second kappa shape index (κ2) is 7.66. The zero-order valence-electron chi connectivity index (χ0n) is 9.80. The summed E-state index contributed by atoms with van der Waals surface area (Å²) in [5.41, 5.74) is -2.18. The minimum absolute atomic E-state index is 0.426. The first-order valence-corrected chi connectivity index (χ1v) is 9.27. The second-order valence-corrected chi connectivity index (χ2v) is 10.4. The summed E-state index contributed by atoms with van der Waals surface area (Å²) in [6.07, 6.45) is 2.73. The number of hydrogen-bond donors (Lipinski definition) is 0. The largest absolute Gasteiger partial charge is 0.326 e. The van der Waals surface area contributed by atoms with Gasteiger partial charge in [0.25, 0.3) is 0 Å². The van der Waals surface area contributed by atoms with Crippen LogP contribution in [0.4, 0.5) is 0 Å². The van der Waals surface area contributed by atoms with Crippen LogP contribution in [-0.4, -0.2) is 30.0 Å². The highest BCUT2D eigenvalue weighted by molar-refractivity contribution is 8.68. The molecule has 0 saturated heterocycles. The van der Waals surface area contributed by atoms with Crippen molar-refractivity contribution in [1.29, 1.82) is 0 Å². The maximum Gasteiger partial charge on any atom is 0.215 e. The number of nitrogens with zero attached hydrogens (tertiary/aromatic N) is 1. The number of rotatable bonds is 8. The lowest BCUT2D eigenvalue weighted by atomic mass is 10.4. The number of hydrogen-bond acceptors (Lipinski definition) is 4. The molecule has 0 heterocycles. The Labute approximate surface area is 102 Å².